The summed E-state index contributed by atoms with van der Waals surface area (Å²) in [6.07, 6.45) is 1.19. The summed E-state index contributed by atoms with van der Waals surface area (Å²) >= 11 is 0. The fourth-order valence-electron chi connectivity index (χ4n) is 1.88. The van der Waals surface area contributed by atoms with Gasteiger partial charge in [-0.2, -0.15) is 0 Å². The van der Waals surface area contributed by atoms with Gasteiger partial charge >= 0.3 is 0 Å². The van der Waals surface area contributed by atoms with Crippen LogP contribution in [0.15, 0.2) is 12.1 Å². The molecule has 0 atom stereocenters. The zero-order valence-corrected chi connectivity index (χ0v) is 11.6. The Morgan fingerprint density at radius 1 is 1.12 bits per heavy atom. The first-order valence-corrected chi connectivity index (χ1v) is 6.02. The molecule has 0 heterocycles. The second-order valence-electron chi connectivity index (χ2n) is 3.66. The number of hydrogen-bond acceptors (Lipinski definition) is 1. The maximum atomic E-state index is 13.1. The van der Waals surface area contributed by atoms with Crippen LogP contribution >= 0.6 is 0 Å². The van der Waals surface area contributed by atoms with Gasteiger partial charge in [-0.15, -0.1) is 0 Å². The van der Waals surface area contributed by atoms with Crippen LogP contribution in [0.5, 0.6) is 0 Å². The zero-order valence-electron chi connectivity index (χ0n) is 9.61. The molecule has 1 nitrogen and oxygen atoms in total. The van der Waals surface area contributed by atoms with Gasteiger partial charge in [0.15, 0.2) is 17.5 Å². The monoisotopic (exact) mass is 248 g/mol. The van der Waals surface area contributed by atoms with E-state index in [4.69, 9.17) is 4.43 Å². The molecule has 0 bridgehead atoms. The molecule has 0 aliphatic rings. The first-order valence-electron chi connectivity index (χ1n) is 5.21. The molecular weight excluding hydrogens is 233 g/mol. The Bertz CT molecular complexity index is 346. The Balaban J connectivity index is 3.31. The molecule has 0 saturated carbocycles. The van der Waals surface area contributed by atoms with Gasteiger partial charge in [-0.1, -0.05) is 13.8 Å². The van der Waals surface area contributed by atoms with Crippen LogP contribution in [0, 0.1) is 17.5 Å². The lowest BCUT2D eigenvalue weighted by atomic mass is 9.88. The van der Waals surface area contributed by atoms with Gasteiger partial charge in [0.05, 0.1) is 5.60 Å². The van der Waals surface area contributed by atoms with Crippen molar-refractivity contribution in [3.8, 4) is 0 Å². The zero-order chi connectivity index (χ0) is 12.3. The Morgan fingerprint density at radius 3 is 1.88 bits per heavy atom. The number of hydrogen-bond donors (Lipinski definition) is 0. The molecule has 0 fully saturated rings. The predicted molar refractivity (Wildman–Crippen MR) is 59.6 cm³/mol. The molecule has 1 aromatic carbocycles. The Morgan fingerprint density at radius 2 is 1.56 bits per heavy atom. The molecule has 0 unspecified atom stereocenters. The highest BCUT2D eigenvalue weighted by Crippen LogP contribution is 2.33. The van der Waals surface area contributed by atoms with Crippen molar-refractivity contribution >= 4 is 10.5 Å². The summed E-state index contributed by atoms with van der Waals surface area (Å²) in [4.78, 5) is 0. The lowest BCUT2D eigenvalue weighted by molar-refractivity contribution is 0.0676. The molecule has 5 heteroatoms. The van der Waals surface area contributed by atoms with Crippen LogP contribution in [0.4, 0.5) is 13.2 Å². The van der Waals surface area contributed by atoms with E-state index >= 15 is 0 Å². The number of halogens is 3. The van der Waals surface area contributed by atoms with Crippen LogP contribution in [0.3, 0.4) is 0 Å². The maximum Gasteiger partial charge on any atom is 0.194 e. The standard InChI is InChI=1S/C11H15F3OSi/c1-3-11(4-2,15-16)7-5-8(12)10(14)9(13)6-7/h5-6H,3-4H2,1-2,16H3. The SMILES string of the molecule is CCC(CC)(O[SiH3])c1cc(F)c(F)c(F)c1. The van der Waals surface area contributed by atoms with E-state index in [1.165, 1.54) is 0 Å². The molecule has 16 heavy (non-hydrogen) atoms. The molecule has 0 aliphatic carbocycles. The van der Waals surface area contributed by atoms with E-state index in [0.717, 1.165) is 12.1 Å². The molecule has 0 saturated heterocycles. The van der Waals surface area contributed by atoms with Gasteiger partial charge in [-0.3, -0.25) is 0 Å². The minimum atomic E-state index is -1.43. The highest BCUT2D eigenvalue weighted by molar-refractivity contribution is 5.98. The van der Waals surface area contributed by atoms with Gasteiger partial charge in [0.25, 0.3) is 0 Å². The average Bonchev–Trinajstić information content (AvgIpc) is 2.29. The van der Waals surface area contributed by atoms with Crippen molar-refractivity contribution in [1.29, 1.82) is 0 Å². The minimum absolute atomic E-state index is 0.365. The van der Waals surface area contributed by atoms with Crippen molar-refractivity contribution in [2.75, 3.05) is 0 Å². The maximum absolute atomic E-state index is 13.1. The highest BCUT2D eigenvalue weighted by Gasteiger charge is 2.29. The summed E-state index contributed by atoms with van der Waals surface area (Å²) in [6, 6.07) is 2.03. The second-order valence-corrected chi connectivity index (χ2v) is 4.07. The quantitative estimate of drug-likeness (QED) is 0.587. The van der Waals surface area contributed by atoms with Crippen molar-refractivity contribution in [3.05, 3.63) is 35.1 Å². The largest absolute Gasteiger partial charge is 0.418 e. The molecule has 1 aromatic rings. The van der Waals surface area contributed by atoms with E-state index < -0.39 is 23.1 Å². The van der Waals surface area contributed by atoms with Crippen molar-refractivity contribution in [2.45, 2.75) is 32.3 Å². The van der Waals surface area contributed by atoms with Gasteiger partial charge in [-0.25, -0.2) is 13.2 Å². The summed E-state index contributed by atoms with van der Waals surface area (Å²) in [5.41, 5.74) is -0.328. The van der Waals surface area contributed by atoms with Crippen LogP contribution in [0.25, 0.3) is 0 Å². The van der Waals surface area contributed by atoms with Crippen LogP contribution in [-0.2, 0) is 10.0 Å². The van der Waals surface area contributed by atoms with Crippen LogP contribution in [-0.4, -0.2) is 10.5 Å². The number of rotatable bonds is 4. The average molecular weight is 248 g/mol. The van der Waals surface area contributed by atoms with E-state index in [-0.39, 0.29) is 0 Å². The molecule has 0 amide bonds. The van der Waals surface area contributed by atoms with E-state index in [9.17, 15) is 13.2 Å². The van der Waals surface area contributed by atoms with Crippen LogP contribution in [0.1, 0.15) is 32.3 Å². The van der Waals surface area contributed by atoms with E-state index in [1.807, 2.05) is 13.8 Å². The second kappa shape index (κ2) is 5.01. The fourth-order valence-corrected chi connectivity index (χ4v) is 2.70. The predicted octanol–water partition coefficient (Wildman–Crippen LogP) is 2.42. The summed E-state index contributed by atoms with van der Waals surface area (Å²) in [6.45, 7) is 3.75. The molecular formula is C11H15F3OSi. The van der Waals surface area contributed by atoms with E-state index in [1.54, 1.807) is 0 Å². The molecule has 90 valence electrons. The van der Waals surface area contributed by atoms with E-state index in [2.05, 4.69) is 0 Å². The molecule has 0 aliphatic heterocycles. The smallest absolute Gasteiger partial charge is 0.194 e. The summed E-state index contributed by atoms with van der Waals surface area (Å²) in [5.74, 6) is -3.77. The lowest BCUT2D eigenvalue weighted by Gasteiger charge is -2.31. The summed E-state index contributed by atoms with van der Waals surface area (Å²) in [5, 5.41) is 0. The summed E-state index contributed by atoms with van der Waals surface area (Å²) < 4.78 is 44.5. The third-order valence-electron chi connectivity index (χ3n) is 3.04. The first-order chi connectivity index (χ1) is 7.50. The lowest BCUT2D eigenvalue weighted by Crippen LogP contribution is -2.27. The Labute approximate surface area is 96.2 Å². The molecule has 0 spiro atoms. The molecule has 0 aromatic heterocycles. The van der Waals surface area contributed by atoms with Gasteiger partial charge in [0.1, 0.15) is 10.5 Å². The Kier molecular flexibility index (Phi) is 4.15. The van der Waals surface area contributed by atoms with Crippen molar-refractivity contribution < 1.29 is 17.6 Å². The van der Waals surface area contributed by atoms with Crippen LogP contribution < -0.4 is 0 Å². The van der Waals surface area contributed by atoms with Crippen LogP contribution in [0.2, 0.25) is 0 Å². The third kappa shape index (κ3) is 2.15. The van der Waals surface area contributed by atoms with Gasteiger partial charge in [0.2, 0.25) is 0 Å². The van der Waals surface area contributed by atoms with Gasteiger partial charge in [0, 0.05) is 0 Å². The highest BCUT2D eigenvalue weighted by atomic mass is 28.2. The Hall–Kier alpha value is -0.813. The normalized spacial score (nSPS) is 12.1. The minimum Gasteiger partial charge on any atom is -0.418 e. The number of benzene rings is 1. The van der Waals surface area contributed by atoms with Gasteiger partial charge in [-0.05, 0) is 30.5 Å². The third-order valence-corrected chi connectivity index (χ3v) is 3.82. The topological polar surface area (TPSA) is 9.23 Å². The molecule has 1 rings (SSSR count). The van der Waals surface area contributed by atoms with Crippen molar-refractivity contribution in [1.82, 2.24) is 0 Å². The van der Waals surface area contributed by atoms with Gasteiger partial charge < -0.3 is 4.43 Å². The summed E-state index contributed by atoms with van der Waals surface area (Å²) in [7, 11) is 0.456. The van der Waals surface area contributed by atoms with Crippen molar-refractivity contribution in [3.63, 3.8) is 0 Å². The first kappa shape index (κ1) is 13.3. The van der Waals surface area contributed by atoms with E-state index in [0.29, 0.717) is 28.9 Å². The molecule has 0 N–H and O–H groups in total. The fraction of sp³-hybridized carbons (Fsp3) is 0.455. The molecule has 0 radical (unpaired) electrons. The van der Waals surface area contributed by atoms with Crippen molar-refractivity contribution in [2.24, 2.45) is 0 Å².